The summed E-state index contributed by atoms with van der Waals surface area (Å²) in [4.78, 5) is 8.40. The Morgan fingerprint density at radius 3 is 2.81 bits per heavy atom. The van der Waals surface area contributed by atoms with Crippen LogP contribution < -0.4 is 0 Å². The lowest BCUT2D eigenvalue weighted by atomic mass is 10.3. The Labute approximate surface area is 92.0 Å². The van der Waals surface area contributed by atoms with Gasteiger partial charge in [0.25, 0.3) is 0 Å². The normalized spacial score (nSPS) is 24.1. The fraction of sp³-hybridized carbons (Fsp3) is 0.273. The van der Waals surface area contributed by atoms with Crippen LogP contribution in [0.15, 0.2) is 35.1 Å². The quantitative estimate of drug-likeness (QED) is 0.772. The summed E-state index contributed by atoms with van der Waals surface area (Å²) in [6, 6.07) is 5.55. The number of hydrogen-bond acceptors (Lipinski definition) is 5. The van der Waals surface area contributed by atoms with Crippen molar-refractivity contribution in [1.82, 2.24) is 9.97 Å². The summed E-state index contributed by atoms with van der Waals surface area (Å²) in [5.41, 5.74) is 1.33. The molecule has 0 unspecified atom stereocenters. The van der Waals surface area contributed by atoms with Gasteiger partial charge in [-0.15, -0.1) is 0 Å². The van der Waals surface area contributed by atoms with Crippen molar-refractivity contribution in [3.63, 3.8) is 0 Å². The maximum atomic E-state index is 5.31. The van der Waals surface area contributed by atoms with Crippen LogP contribution in [0.25, 0.3) is 11.6 Å². The molecule has 3 rings (SSSR count). The second kappa shape index (κ2) is 3.70. The lowest BCUT2D eigenvalue weighted by molar-refractivity contribution is -0.383. The maximum Gasteiger partial charge on any atom is 0.245 e. The van der Waals surface area contributed by atoms with E-state index >= 15 is 0 Å². The van der Waals surface area contributed by atoms with Crippen molar-refractivity contribution in [3.8, 4) is 11.6 Å². The van der Waals surface area contributed by atoms with E-state index in [1.807, 2.05) is 25.1 Å². The standard InChI is InChI=1S/C11H10N2O3/c1-7-15-11(16-7)9-6-14-10(13-9)8-4-2-3-5-12-8/h2-7,11H,1H3. The summed E-state index contributed by atoms with van der Waals surface area (Å²) in [5.74, 6) is 0.474. The van der Waals surface area contributed by atoms with E-state index in [-0.39, 0.29) is 6.29 Å². The number of rotatable bonds is 2. The van der Waals surface area contributed by atoms with E-state index in [9.17, 15) is 0 Å². The molecule has 0 radical (unpaired) electrons. The maximum absolute atomic E-state index is 5.31. The van der Waals surface area contributed by atoms with Gasteiger partial charge in [-0.1, -0.05) is 6.07 Å². The van der Waals surface area contributed by atoms with Crippen LogP contribution in [-0.2, 0) is 9.47 Å². The van der Waals surface area contributed by atoms with Crippen molar-refractivity contribution in [1.29, 1.82) is 0 Å². The van der Waals surface area contributed by atoms with E-state index in [2.05, 4.69) is 9.97 Å². The Kier molecular flexibility index (Phi) is 2.19. The molecule has 3 heterocycles. The Morgan fingerprint density at radius 1 is 1.25 bits per heavy atom. The van der Waals surface area contributed by atoms with Gasteiger partial charge in [0.1, 0.15) is 17.7 Å². The molecule has 5 nitrogen and oxygen atoms in total. The number of ether oxygens (including phenoxy) is 2. The fourth-order valence-electron chi connectivity index (χ4n) is 1.50. The van der Waals surface area contributed by atoms with Crippen LogP contribution in [0.2, 0.25) is 0 Å². The van der Waals surface area contributed by atoms with Crippen molar-refractivity contribution < 1.29 is 13.9 Å². The molecule has 0 amide bonds. The number of pyridine rings is 1. The summed E-state index contributed by atoms with van der Waals surface area (Å²) in [7, 11) is 0. The summed E-state index contributed by atoms with van der Waals surface area (Å²) in [6.07, 6.45) is 2.65. The molecule has 16 heavy (non-hydrogen) atoms. The van der Waals surface area contributed by atoms with Crippen LogP contribution in [0.5, 0.6) is 0 Å². The van der Waals surface area contributed by atoms with Crippen molar-refractivity contribution >= 4 is 0 Å². The first kappa shape index (κ1) is 9.50. The Balaban J connectivity index is 1.83. The Morgan fingerprint density at radius 2 is 2.12 bits per heavy atom. The van der Waals surface area contributed by atoms with Crippen LogP contribution in [0.1, 0.15) is 18.9 Å². The van der Waals surface area contributed by atoms with Gasteiger partial charge in [0.05, 0.1) is 0 Å². The third-order valence-electron chi connectivity index (χ3n) is 2.28. The number of nitrogens with zero attached hydrogens (tertiary/aromatic N) is 2. The molecule has 1 aliphatic heterocycles. The van der Waals surface area contributed by atoms with Crippen LogP contribution in [0.3, 0.4) is 0 Å². The predicted molar refractivity (Wildman–Crippen MR) is 54.1 cm³/mol. The van der Waals surface area contributed by atoms with Gasteiger partial charge in [0, 0.05) is 6.20 Å². The highest BCUT2D eigenvalue weighted by atomic mass is 16.9. The average molecular weight is 218 g/mol. The molecule has 0 atom stereocenters. The van der Waals surface area contributed by atoms with E-state index in [1.165, 1.54) is 6.26 Å². The van der Waals surface area contributed by atoms with E-state index in [0.717, 1.165) is 0 Å². The molecular weight excluding hydrogens is 208 g/mol. The summed E-state index contributed by atoms with van der Waals surface area (Å²) < 4.78 is 15.9. The van der Waals surface area contributed by atoms with Gasteiger partial charge < -0.3 is 13.9 Å². The molecule has 0 spiro atoms. The molecule has 2 aromatic rings. The highest BCUT2D eigenvalue weighted by Crippen LogP contribution is 2.31. The fourth-order valence-corrected chi connectivity index (χ4v) is 1.50. The van der Waals surface area contributed by atoms with Gasteiger partial charge in [-0.3, -0.25) is 4.98 Å². The second-order valence-corrected chi connectivity index (χ2v) is 3.46. The van der Waals surface area contributed by atoms with Crippen LogP contribution >= 0.6 is 0 Å². The van der Waals surface area contributed by atoms with Crippen LogP contribution in [0.4, 0.5) is 0 Å². The van der Waals surface area contributed by atoms with E-state index < -0.39 is 6.29 Å². The number of aromatic nitrogens is 2. The number of oxazole rings is 1. The molecule has 0 bridgehead atoms. The number of hydrogen-bond donors (Lipinski definition) is 0. The van der Waals surface area contributed by atoms with Crippen molar-refractivity contribution in [3.05, 3.63) is 36.4 Å². The zero-order valence-electron chi connectivity index (χ0n) is 8.66. The van der Waals surface area contributed by atoms with Gasteiger partial charge in [-0.2, -0.15) is 0 Å². The zero-order valence-corrected chi connectivity index (χ0v) is 8.66. The van der Waals surface area contributed by atoms with Crippen LogP contribution in [0, 0.1) is 0 Å². The van der Waals surface area contributed by atoms with Crippen LogP contribution in [-0.4, -0.2) is 16.3 Å². The van der Waals surface area contributed by atoms with E-state index in [1.54, 1.807) is 6.20 Å². The van der Waals surface area contributed by atoms with Crippen molar-refractivity contribution in [2.45, 2.75) is 19.5 Å². The molecule has 5 heteroatoms. The lowest BCUT2D eigenvalue weighted by Crippen LogP contribution is -2.31. The first-order valence-electron chi connectivity index (χ1n) is 5.01. The third kappa shape index (κ3) is 1.60. The summed E-state index contributed by atoms with van der Waals surface area (Å²) in [5, 5.41) is 0. The van der Waals surface area contributed by atoms with Gasteiger partial charge in [-0.25, -0.2) is 4.98 Å². The molecule has 2 aromatic heterocycles. The van der Waals surface area contributed by atoms with E-state index in [4.69, 9.17) is 13.9 Å². The van der Waals surface area contributed by atoms with Gasteiger partial charge in [0.2, 0.25) is 12.2 Å². The third-order valence-corrected chi connectivity index (χ3v) is 2.28. The molecule has 1 fully saturated rings. The smallest absolute Gasteiger partial charge is 0.245 e. The van der Waals surface area contributed by atoms with Crippen molar-refractivity contribution in [2.24, 2.45) is 0 Å². The molecule has 1 aliphatic rings. The first-order chi connectivity index (χ1) is 7.83. The lowest BCUT2D eigenvalue weighted by Gasteiger charge is -2.31. The molecule has 82 valence electrons. The molecule has 0 aliphatic carbocycles. The predicted octanol–water partition coefficient (Wildman–Crippen LogP) is 2.13. The topological polar surface area (TPSA) is 57.4 Å². The summed E-state index contributed by atoms with van der Waals surface area (Å²) >= 11 is 0. The minimum atomic E-state index is -0.406. The monoisotopic (exact) mass is 218 g/mol. The van der Waals surface area contributed by atoms with Gasteiger partial charge in [-0.05, 0) is 19.1 Å². The van der Waals surface area contributed by atoms with E-state index in [0.29, 0.717) is 17.3 Å². The molecule has 0 aromatic carbocycles. The van der Waals surface area contributed by atoms with Gasteiger partial charge in [0.15, 0.2) is 6.29 Å². The minimum Gasteiger partial charge on any atom is -0.443 e. The molecule has 0 N–H and O–H groups in total. The van der Waals surface area contributed by atoms with Gasteiger partial charge >= 0.3 is 0 Å². The molecule has 0 saturated carbocycles. The average Bonchev–Trinajstić information content (AvgIpc) is 2.75. The minimum absolute atomic E-state index is 0.167. The largest absolute Gasteiger partial charge is 0.443 e. The Hall–Kier alpha value is -1.72. The molecular formula is C11H10N2O3. The first-order valence-corrected chi connectivity index (χ1v) is 5.01. The highest BCUT2D eigenvalue weighted by Gasteiger charge is 2.31. The SMILES string of the molecule is CC1OC(c2coc(-c3ccccn3)n2)O1. The van der Waals surface area contributed by atoms with Crippen molar-refractivity contribution in [2.75, 3.05) is 0 Å². The zero-order chi connectivity index (χ0) is 11.0. The second-order valence-electron chi connectivity index (χ2n) is 3.46. The summed E-state index contributed by atoms with van der Waals surface area (Å²) in [6.45, 7) is 1.83. The molecule has 1 saturated heterocycles. The Bertz CT molecular complexity index is 477. The highest BCUT2D eigenvalue weighted by molar-refractivity contribution is 5.46.